The largest absolute Gasteiger partial charge is 0.345 e. The van der Waals surface area contributed by atoms with Crippen LogP contribution in [0.3, 0.4) is 0 Å². The number of hydrogen-bond acceptors (Lipinski definition) is 1. The molecular weight excluding hydrogens is 234 g/mol. The van der Waals surface area contributed by atoms with Gasteiger partial charge >= 0.3 is 0 Å². The first-order valence-electron chi connectivity index (χ1n) is 7.50. The number of aromatic nitrogens is 1. The molecule has 106 valence electrons. The number of nitrogens with zero attached hydrogens (tertiary/aromatic N) is 1. The highest BCUT2D eigenvalue weighted by atomic mass is 16.1. The van der Waals surface area contributed by atoms with E-state index in [1.165, 1.54) is 17.8 Å². The lowest BCUT2D eigenvalue weighted by Crippen LogP contribution is -2.29. The zero-order valence-corrected chi connectivity index (χ0v) is 13.2. The van der Waals surface area contributed by atoms with Gasteiger partial charge in [-0.2, -0.15) is 0 Å². The Morgan fingerprint density at radius 2 is 1.95 bits per heavy atom. The van der Waals surface area contributed by atoms with Gasteiger partial charge in [-0.05, 0) is 37.7 Å². The molecule has 0 saturated heterocycles. The fourth-order valence-electron chi connectivity index (χ4n) is 3.33. The molecule has 0 fully saturated rings. The molecule has 0 spiro atoms. The van der Waals surface area contributed by atoms with Gasteiger partial charge in [0.05, 0.1) is 0 Å². The normalized spacial score (nSPS) is 21.1. The fraction of sp³-hybridized carbons (Fsp3) is 0.706. The van der Waals surface area contributed by atoms with Crippen molar-refractivity contribution >= 4 is 5.78 Å². The first-order valence-corrected chi connectivity index (χ1v) is 7.50. The van der Waals surface area contributed by atoms with Crippen molar-refractivity contribution in [3.8, 4) is 0 Å². The summed E-state index contributed by atoms with van der Waals surface area (Å²) in [5.41, 5.74) is 3.59. The molecule has 2 rings (SSSR count). The maximum atomic E-state index is 12.3. The number of aryl methyl sites for hydroxylation is 1. The maximum Gasteiger partial charge on any atom is 0.165 e. The molecule has 0 amide bonds. The maximum absolute atomic E-state index is 12.3. The van der Waals surface area contributed by atoms with E-state index >= 15 is 0 Å². The molecule has 0 N–H and O–H groups in total. The molecule has 1 heterocycles. The first-order chi connectivity index (χ1) is 8.76. The van der Waals surface area contributed by atoms with Gasteiger partial charge in [-0.3, -0.25) is 4.79 Å². The highest BCUT2D eigenvalue weighted by Gasteiger charge is 2.35. The minimum absolute atomic E-state index is 0.0990. The van der Waals surface area contributed by atoms with Crippen LogP contribution in [0.1, 0.15) is 75.2 Å². The van der Waals surface area contributed by atoms with Gasteiger partial charge in [0.1, 0.15) is 0 Å². The second-order valence-electron chi connectivity index (χ2n) is 7.08. The van der Waals surface area contributed by atoms with Crippen LogP contribution in [-0.4, -0.2) is 10.4 Å². The first kappa shape index (κ1) is 14.4. The average molecular weight is 261 g/mol. The summed E-state index contributed by atoms with van der Waals surface area (Å²) in [5, 5.41) is 0. The molecule has 0 aromatic carbocycles. The van der Waals surface area contributed by atoms with Crippen LogP contribution >= 0.6 is 0 Å². The van der Waals surface area contributed by atoms with E-state index in [4.69, 9.17) is 0 Å². The summed E-state index contributed by atoms with van der Waals surface area (Å²) in [5.74, 6) is 0.958. The van der Waals surface area contributed by atoms with Crippen LogP contribution in [0, 0.1) is 18.3 Å². The Hall–Kier alpha value is -1.05. The number of hydrogen-bond donors (Lipinski definition) is 0. The van der Waals surface area contributed by atoms with E-state index in [0.29, 0.717) is 24.2 Å². The molecule has 2 nitrogen and oxygen atoms in total. The van der Waals surface area contributed by atoms with E-state index in [1.54, 1.807) is 0 Å². The summed E-state index contributed by atoms with van der Waals surface area (Å²) in [4.78, 5) is 12.3. The summed E-state index contributed by atoms with van der Waals surface area (Å²) in [6.07, 6.45) is 2.87. The van der Waals surface area contributed by atoms with Gasteiger partial charge in [-0.25, -0.2) is 0 Å². The number of fused-ring (bicyclic) bond motifs is 1. The Morgan fingerprint density at radius 3 is 2.53 bits per heavy atom. The van der Waals surface area contributed by atoms with Gasteiger partial charge in [-0.1, -0.05) is 34.1 Å². The monoisotopic (exact) mass is 261 g/mol. The lowest BCUT2D eigenvalue weighted by atomic mass is 9.76. The Balaban J connectivity index is 2.50. The highest BCUT2D eigenvalue weighted by molar-refractivity contribution is 5.99. The Kier molecular flexibility index (Phi) is 3.63. The van der Waals surface area contributed by atoms with Gasteiger partial charge in [0.25, 0.3) is 0 Å². The van der Waals surface area contributed by atoms with Gasteiger partial charge in [0.2, 0.25) is 0 Å². The average Bonchev–Trinajstić information content (AvgIpc) is 2.62. The van der Waals surface area contributed by atoms with E-state index in [-0.39, 0.29) is 5.41 Å². The smallest absolute Gasteiger partial charge is 0.165 e. The lowest BCUT2D eigenvalue weighted by molar-refractivity contribution is 0.0909. The topological polar surface area (TPSA) is 22.0 Å². The van der Waals surface area contributed by atoms with Gasteiger partial charge in [0, 0.05) is 29.4 Å². The number of ketones is 1. The Bertz CT molecular complexity index is 496. The third-order valence-electron chi connectivity index (χ3n) is 4.80. The molecule has 2 heteroatoms. The summed E-state index contributed by atoms with van der Waals surface area (Å²) in [7, 11) is 0. The minimum atomic E-state index is 0.0990. The summed E-state index contributed by atoms with van der Waals surface area (Å²) >= 11 is 0. The molecule has 0 aliphatic heterocycles. The number of carbonyl (C=O) groups excluding carboxylic acids is 1. The van der Waals surface area contributed by atoms with Crippen molar-refractivity contribution in [3.63, 3.8) is 0 Å². The van der Waals surface area contributed by atoms with Crippen LogP contribution in [0.4, 0.5) is 0 Å². The zero-order chi connectivity index (χ0) is 14.4. The van der Waals surface area contributed by atoms with Gasteiger partial charge in [-0.15, -0.1) is 0 Å². The second kappa shape index (κ2) is 4.81. The van der Waals surface area contributed by atoms with Crippen molar-refractivity contribution in [1.82, 2.24) is 4.57 Å². The van der Waals surface area contributed by atoms with Crippen molar-refractivity contribution < 1.29 is 4.79 Å². The molecule has 1 aromatic heterocycles. The van der Waals surface area contributed by atoms with Crippen molar-refractivity contribution in [3.05, 3.63) is 23.0 Å². The summed E-state index contributed by atoms with van der Waals surface area (Å²) < 4.78 is 2.42. The molecule has 1 aliphatic rings. The van der Waals surface area contributed by atoms with Crippen LogP contribution < -0.4 is 0 Å². The Morgan fingerprint density at radius 1 is 1.32 bits per heavy atom. The molecule has 0 radical (unpaired) electrons. The lowest BCUT2D eigenvalue weighted by Gasteiger charge is -2.32. The van der Waals surface area contributed by atoms with E-state index < -0.39 is 0 Å². The zero-order valence-electron chi connectivity index (χ0n) is 13.2. The van der Waals surface area contributed by atoms with Gasteiger partial charge < -0.3 is 4.57 Å². The second-order valence-corrected chi connectivity index (χ2v) is 7.08. The standard InChI is InChI=1S/C17H27NO/c1-7-11(2)13(4)18-12(3)8-14-15(18)9-17(5,6)10-16(14)19/h8,11,13H,7,9-10H2,1-6H3. The predicted octanol–water partition coefficient (Wildman–Crippen LogP) is 4.56. The fourth-order valence-corrected chi connectivity index (χ4v) is 3.33. The third-order valence-corrected chi connectivity index (χ3v) is 4.80. The number of carbonyl (C=O) groups is 1. The van der Waals surface area contributed by atoms with Gasteiger partial charge in [0.15, 0.2) is 5.78 Å². The molecule has 2 unspecified atom stereocenters. The summed E-state index contributed by atoms with van der Waals surface area (Å²) in [6.45, 7) is 13.4. The molecule has 2 atom stereocenters. The summed E-state index contributed by atoms with van der Waals surface area (Å²) in [6, 6.07) is 2.57. The molecule has 0 bridgehead atoms. The van der Waals surface area contributed by atoms with Crippen LogP contribution in [0.5, 0.6) is 0 Å². The van der Waals surface area contributed by atoms with Crippen molar-refractivity contribution in [2.24, 2.45) is 11.3 Å². The molecule has 1 aromatic rings. The van der Waals surface area contributed by atoms with Crippen LogP contribution in [0.2, 0.25) is 0 Å². The molecular formula is C17H27NO. The molecule has 1 aliphatic carbocycles. The van der Waals surface area contributed by atoms with Crippen molar-refractivity contribution in [2.45, 2.75) is 66.8 Å². The van der Waals surface area contributed by atoms with Crippen molar-refractivity contribution in [2.75, 3.05) is 0 Å². The molecule has 0 saturated carbocycles. The SMILES string of the molecule is CCC(C)C(C)n1c(C)cc2c1CC(C)(C)CC2=O. The number of rotatable bonds is 3. The van der Waals surface area contributed by atoms with E-state index in [0.717, 1.165) is 12.0 Å². The third kappa shape index (κ3) is 2.50. The Labute approximate surface area is 117 Å². The van der Waals surface area contributed by atoms with E-state index in [9.17, 15) is 4.79 Å². The molecule has 19 heavy (non-hydrogen) atoms. The number of Topliss-reactive ketones (excluding diaryl/α,β-unsaturated/α-hetero) is 1. The van der Waals surface area contributed by atoms with Crippen LogP contribution in [0.25, 0.3) is 0 Å². The quantitative estimate of drug-likeness (QED) is 0.782. The van der Waals surface area contributed by atoms with E-state index in [1.807, 2.05) is 0 Å². The highest BCUT2D eigenvalue weighted by Crippen LogP contribution is 2.38. The van der Waals surface area contributed by atoms with Crippen LogP contribution in [-0.2, 0) is 6.42 Å². The van der Waals surface area contributed by atoms with Crippen molar-refractivity contribution in [1.29, 1.82) is 0 Å². The van der Waals surface area contributed by atoms with E-state index in [2.05, 4.69) is 52.2 Å². The minimum Gasteiger partial charge on any atom is -0.345 e. The predicted molar refractivity (Wildman–Crippen MR) is 79.8 cm³/mol. The van der Waals surface area contributed by atoms with Crippen LogP contribution in [0.15, 0.2) is 6.07 Å².